The van der Waals surface area contributed by atoms with Crippen molar-refractivity contribution in [2.24, 2.45) is 0 Å². The highest BCUT2D eigenvalue weighted by Crippen LogP contribution is 2.31. The Hall–Kier alpha value is -1.69. The van der Waals surface area contributed by atoms with Crippen LogP contribution < -0.4 is 5.32 Å². The van der Waals surface area contributed by atoms with Gasteiger partial charge in [-0.1, -0.05) is 35.9 Å². The fourth-order valence-electron chi connectivity index (χ4n) is 2.24. The minimum Gasteiger partial charge on any atom is -0.352 e. The summed E-state index contributed by atoms with van der Waals surface area (Å²) in [5.74, 6) is -0.0219. The molecule has 0 atom stereocenters. The van der Waals surface area contributed by atoms with Crippen LogP contribution in [0.5, 0.6) is 0 Å². The molecule has 2 heterocycles. The number of carbonyl (C=O) groups excluding carboxylic acids is 1. The number of halogens is 1. The molecule has 0 saturated carbocycles. The molecule has 0 aliphatic carbocycles. The Balaban J connectivity index is 1.68. The predicted molar refractivity (Wildman–Crippen MR) is 97.2 cm³/mol. The average molecular weight is 363 g/mol. The number of benzene rings is 1. The van der Waals surface area contributed by atoms with Gasteiger partial charge in [-0.15, -0.1) is 22.7 Å². The van der Waals surface area contributed by atoms with E-state index in [0.717, 1.165) is 26.0 Å². The molecule has 0 bridgehead atoms. The first-order valence-corrected chi connectivity index (χ1v) is 9.21. The van der Waals surface area contributed by atoms with Crippen molar-refractivity contribution in [2.45, 2.75) is 19.9 Å². The van der Waals surface area contributed by atoms with Crippen LogP contribution in [-0.4, -0.2) is 10.9 Å². The van der Waals surface area contributed by atoms with Gasteiger partial charge in [-0.25, -0.2) is 4.98 Å². The molecule has 2 aromatic heterocycles. The zero-order valence-electron chi connectivity index (χ0n) is 12.5. The topological polar surface area (TPSA) is 42.0 Å². The molecule has 0 aliphatic rings. The minimum absolute atomic E-state index is 0.0219. The first-order valence-electron chi connectivity index (χ1n) is 7.14. The van der Waals surface area contributed by atoms with Crippen molar-refractivity contribution in [1.29, 1.82) is 0 Å². The highest BCUT2D eigenvalue weighted by molar-refractivity contribution is 7.15. The number of aromatic nitrogens is 1. The fourth-order valence-corrected chi connectivity index (χ4v) is 4.20. The molecular formula is C17H15ClN2OS2. The van der Waals surface area contributed by atoms with Gasteiger partial charge in [0.05, 0.1) is 22.0 Å². The molecule has 3 aromatic rings. The van der Waals surface area contributed by atoms with Gasteiger partial charge in [0.1, 0.15) is 0 Å². The van der Waals surface area contributed by atoms with Gasteiger partial charge in [-0.3, -0.25) is 4.79 Å². The molecular weight excluding hydrogens is 348 g/mol. The van der Waals surface area contributed by atoms with Gasteiger partial charge in [-0.05, 0) is 30.0 Å². The van der Waals surface area contributed by atoms with Gasteiger partial charge in [0.15, 0.2) is 0 Å². The quantitative estimate of drug-likeness (QED) is 0.715. The van der Waals surface area contributed by atoms with Crippen molar-refractivity contribution in [3.8, 4) is 10.6 Å². The Morgan fingerprint density at radius 3 is 2.83 bits per heavy atom. The van der Waals surface area contributed by atoms with E-state index >= 15 is 0 Å². The van der Waals surface area contributed by atoms with Gasteiger partial charge in [-0.2, -0.15) is 0 Å². The third-order valence-electron chi connectivity index (χ3n) is 3.31. The van der Waals surface area contributed by atoms with Crippen LogP contribution in [-0.2, 0) is 17.8 Å². The van der Waals surface area contributed by atoms with Crippen molar-refractivity contribution in [3.63, 3.8) is 0 Å². The van der Waals surface area contributed by atoms with Crippen LogP contribution in [0.3, 0.4) is 0 Å². The lowest BCUT2D eigenvalue weighted by Crippen LogP contribution is -2.24. The molecule has 3 nitrogen and oxygen atoms in total. The number of aryl methyl sites for hydroxylation is 1. The van der Waals surface area contributed by atoms with Crippen molar-refractivity contribution < 1.29 is 4.79 Å². The van der Waals surface area contributed by atoms with Gasteiger partial charge < -0.3 is 5.32 Å². The van der Waals surface area contributed by atoms with Crippen LogP contribution in [0.1, 0.15) is 15.4 Å². The number of nitrogens with zero attached hydrogens (tertiary/aromatic N) is 1. The van der Waals surface area contributed by atoms with E-state index in [2.05, 4.69) is 10.3 Å². The molecule has 118 valence electrons. The Kier molecular flexibility index (Phi) is 5.10. The summed E-state index contributed by atoms with van der Waals surface area (Å²) in [4.78, 5) is 18.9. The number of thiophene rings is 1. The van der Waals surface area contributed by atoms with Gasteiger partial charge in [0.2, 0.25) is 5.91 Å². The summed E-state index contributed by atoms with van der Waals surface area (Å²) in [5.41, 5.74) is 1.84. The second kappa shape index (κ2) is 7.25. The third-order valence-corrected chi connectivity index (χ3v) is 5.53. The van der Waals surface area contributed by atoms with Crippen molar-refractivity contribution in [2.75, 3.05) is 0 Å². The lowest BCUT2D eigenvalue weighted by Gasteiger charge is -2.06. The number of thiazole rings is 1. The van der Waals surface area contributed by atoms with E-state index in [0.29, 0.717) is 18.0 Å². The molecule has 1 amide bonds. The lowest BCUT2D eigenvalue weighted by molar-refractivity contribution is -0.120. The normalized spacial score (nSPS) is 10.7. The molecule has 1 aromatic carbocycles. The van der Waals surface area contributed by atoms with Gasteiger partial charge in [0.25, 0.3) is 0 Å². The molecule has 0 aliphatic heterocycles. The van der Waals surface area contributed by atoms with E-state index in [9.17, 15) is 4.79 Å². The summed E-state index contributed by atoms with van der Waals surface area (Å²) in [6.07, 6.45) is 0.337. The summed E-state index contributed by atoms with van der Waals surface area (Å²) < 4.78 is 0. The Labute approximate surface area is 148 Å². The first-order chi connectivity index (χ1) is 11.1. The molecule has 0 spiro atoms. The predicted octanol–water partition coefficient (Wildman–Crippen LogP) is 4.69. The van der Waals surface area contributed by atoms with E-state index in [1.54, 1.807) is 22.7 Å². The maximum absolute atomic E-state index is 12.3. The summed E-state index contributed by atoms with van der Waals surface area (Å²) in [7, 11) is 0. The van der Waals surface area contributed by atoms with Crippen LogP contribution in [0.4, 0.5) is 0 Å². The third kappa shape index (κ3) is 3.99. The number of amides is 1. The Bertz CT molecular complexity index is 812. The van der Waals surface area contributed by atoms with Gasteiger partial charge in [0, 0.05) is 16.4 Å². The van der Waals surface area contributed by atoms with Crippen LogP contribution in [0.2, 0.25) is 5.02 Å². The minimum atomic E-state index is -0.0219. The SMILES string of the molecule is Cc1nc(-c2cccs2)c(CC(=O)NCc2ccccc2Cl)s1. The van der Waals surface area contributed by atoms with Crippen molar-refractivity contribution in [3.05, 3.63) is 62.2 Å². The van der Waals surface area contributed by atoms with Crippen LogP contribution in [0.25, 0.3) is 10.6 Å². The lowest BCUT2D eigenvalue weighted by atomic mass is 10.2. The van der Waals surface area contributed by atoms with Gasteiger partial charge >= 0.3 is 0 Å². The maximum Gasteiger partial charge on any atom is 0.225 e. The van der Waals surface area contributed by atoms with E-state index in [4.69, 9.17) is 11.6 Å². The summed E-state index contributed by atoms with van der Waals surface area (Å²) in [6.45, 7) is 2.40. The first kappa shape index (κ1) is 16.2. The molecule has 1 N–H and O–H groups in total. The second-order valence-corrected chi connectivity index (χ2v) is 7.67. The second-order valence-electron chi connectivity index (χ2n) is 5.03. The van der Waals surface area contributed by atoms with Crippen molar-refractivity contribution >= 4 is 40.2 Å². The zero-order valence-corrected chi connectivity index (χ0v) is 14.9. The van der Waals surface area contributed by atoms with E-state index in [1.165, 1.54) is 0 Å². The van der Waals surface area contributed by atoms with E-state index < -0.39 is 0 Å². The number of rotatable bonds is 5. The molecule has 0 saturated heterocycles. The van der Waals surface area contributed by atoms with E-state index in [1.807, 2.05) is 48.7 Å². The Morgan fingerprint density at radius 2 is 2.09 bits per heavy atom. The molecule has 0 radical (unpaired) electrons. The molecule has 6 heteroatoms. The molecule has 3 rings (SSSR count). The Morgan fingerprint density at radius 1 is 1.26 bits per heavy atom. The summed E-state index contributed by atoms with van der Waals surface area (Å²) in [5, 5.41) is 6.59. The number of hydrogen-bond donors (Lipinski definition) is 1. The number of carbonyl (C=O) groups is 1. The summed E-state index contributed by atoms with van der Waals surface area (Å²) >= 11 is 9.32. The highest BCUT2D eigenvalue weighted by Gasteiger charge is 2.15. The smallest absolute Gasteiger partial charge is 0.225 e. The highest BCUT2D eigenvalue weighted by atomic mass is 35.5. The van der Waals surface area contributed by atoms with Crippen LogP contribution in [0, 0.1) is 6.92 Å². The average Bonchev–Trinajstić information content (AvgIpc) is 3.16. The van der Waals surface area contributed by atoms with Crippen molar-refractivity contribution in [1.82, 2.24) is 10.3 Å². The summed E-state index contributed by atoms with van der Waals surface area (Å²) in [6, 6.07) is 11.6. The number of nitrogens with one attached hydrogen (secondary N) is 1. The maximum atomic E-state index is 12.3. The van der Waals surface area contributed by atoms with Crippen LogP contribution in [0.15, 0.2) is 41.8 Å². The fraction of sp³-hybridized carbons (Fsp3) is 0.176. The van der Waals surface area contributed by atoms with E-state index in [-0.39, 0.29) is 5.91 Å². The molecule has 23 heavy (non-hydrogen) atoms. The monoisotopic (exact) mass is 362 g/mol. The number of hydrogen-bond acceptors (Lipinski definition) is 4. The van der Waals surface area contributed by atoms with Crippen LogP contribution >= 0.6 is 34.3 Å². The molecule has 0 unspecified atom stereocenters. The molecule has 0 fully saturated rings. The largest absolute Gasteiger partial charge is 0.352 e. The zero-order chi connectivity index (χ0) is 16.2. The standard InChI is InChI=1S/C17H15ClN2OS2/c1-11-20-17(14-7-4-8-22-14)15(23-11)9-16(21)19-10-12-5-2-3-6-13(12)18/h2-8H,9-10H2,1H3,(H,19,21).